The minimum atomic E-state index is -0.492. The van der Waals surface area contributed by atoms with Gasteiger partial charge in [-0.25, -0.2) is 4.39 Å². The number of rotatable bonds is 2. The van der Waals surface area contributed by atoms with Crippen molar-refractivity contribution in [2.24, 2.45) is 5.92 Å². The van der Waals surface area contributed by atoms with Crippen LogP contribution in [0.1, 0.15) is 30.1 Å². The first-order valence-electron chi connectivity index (χ1n) is 6.24. The number of halogens is 2. The van der Waals surface area contributed by atoms with E-state index in [0.717, 1.165) is 0 Å². The number of amides is 1. The number of hydrogen-bond acceptors (Lipinski definition) is 2. The minimum absolute atomic E-state index is 0.0284. The van der Waals surface area contributed by atoms with E-state index in [1.807, 2.05) is 0 Å². The maximum atomic E-state index is 13.7. The van der Waals surface area contributed by atoms with Gasteiger partial charge in [0.05, 0.1) is 5.56 Å². The molecule has 1 fully saturated rings. The van der Waals surface area contributed by atoms with Gasteiger partial charge in [0.25, 0.3) is 0 Å². The maximum Gasteiger partial charge on any atom is 0.219 e. The lowest BCUT2D eigenvalue weighted by Gasteiger charge is -2.30. The Bertz CT molecular complexity index is 510. The first-order valence-corrected chi connectivity index (χ1v) is 7.03. The molecule has 1 aliphatic heterocycles. The van der Waals surface area contributed by atoms with E-state index in [4.69, 9.17) is 0 Å². The molecule has 0 aromatic heterocycles. The van der Waals surface area contributed by atoms with Gasteiger partial charge in [-0.1, -0.05) is 15.9 Å². The first kappa shape index (κ1) is 14.2. The summed E-state index contributed by atoms with van der Waals surface area (Å²) in [6, 6.07) is 4.48. The van der Waals surface area contributed by atoms with Crippen molar-refractivity contribution in [1.82, 2.24) is 4.90 Å². The molecule has 102 valence electrons. The van der Waals surface area contributed by atoms with Gasteiger partial charge in [-0.3, -0.25) is 9.59 Å². The number of carbonyl (C=O) groups excluding carboxylic acids is 2. The zero-order valence-corrected chi connectivity index (χ0v) is 12.2. The number of piperidine rings is 1. The van der Waals surface area contributed by atoms with Crippen LogP contribution in [0.2, 0.25) is 0 Å². The Morgan fingerprint density at radius 2 is 1.95 bits per heavy atom. The smallest absolute Gasteiger partial charge is 0.219 e. The van der Waals surface area contributed by atoms with Crippen LogP contribution in [-0.2, 0) is 4.79 Å². The third-order valence-electron chi connectivity index (χ3n) is 3.51. The Kier molecular flexibility index (Phi) is 4.34. The van der Waals surface area contributed by atoms with E-state index in [1.54, 1.807) is 11.0 Å². The Hall–Kier alpha value is -1.23. The lowest BCUT2D eigenvalue weighted by molar-refractivity contribution is -0.130. The van der Waals surface area contributed by atoms with Gasteiger partial charge in [0.15, 0.2) is 5.78 Å². The highest BCUT2D eigenvalue weighted by Gasteiger charge is 2.28. The molecular formula is C14H15BrFNO2. The number of nitrogens with zero attached hydrogens (tertiary/aromatic N) is 1. The van der Waals surface area contributed by atoms with Crippen LogP contribution in [-0.4, -0.2) is 29.7 Å². The highest BCUT2D eigenvalue weighted by atomic mass is 79.9. The predicted molar refractivity (Wildman–Crippen MR) is 73.4 cm³/mol. The van der Waals surface area contributed by atoms with Crippen molar-refractivity contribution in [1.29, 1.82) is 0 Å². The molecule has 19 heavy (non-hydrogen) atoms. The van der Waals surface area contributed by atoms with Gasteiger partial charge in [0.2, 0.25) is 5.91 Å². The zero-order chi connectivity index (χ0) is 14.0. The Morgan fingerprint density at radius 1 is 1.32 bits per heavy atom. The van der Waals surface area contributed by atoms with Crippen molar-refractivity contribution in [3.05, 3.63) is 34.1 Å². The van der Waals surface area contributed by atoms with Crippen molar-refractivity contribution in [2.45, 2.75) is 19.8 Å². The second kappa shape index (κ2) is 5.82. The van der Waals surface area contributed by atoms with Crippen LogP contribution < -0.4 is 0 Å². The molecule has 1 aromatic rings. The molecule has 1 heterocycles. The summed E-state index contributed by atoms with van der Waals surface area (Å²) in [6.45, 7) is 2.67. The normalized spacial score (nSPS) is 16.5. The van der Waals surface area contributed by atoms with Crippen LogP contribution >= 0.6 is 15.9 Å². The summed E-state index contributed by atoms with van der Waals surface area (Å²) in [4.78, 5) is 25.2. The highest BCUT2D eigenvalue weighted by Crippen LogP contribution is 2.24. The molecule has 1 saturated heterocycles. The first-order chi connectivity index (χ1) is 8.99. The quantitative estimate of drug-likeness (QED) is 0.783. The molecule has 0 atom stereocenters. The molecule has 0 N–H and O–H groups in total. The number of carbonyl (C=O) groups is 2. The van der Waals surface area contributed by atoms with Crippen LogP contribution in [0.5, 0.6) is 0 Å². The molecule has 1 aliphatic rings. The topological polar surface area (TPSA) is 37.4 Å². The van der Waals surface area contributed by atoms with Gasteiger partial charge in [-0.2, -0.15) is 0 Å². The van der Waals surface area contributed by atoms with E-state index in [9.17, 15) is 14.0 Å². The lowest BCUT2D eigenvalue weighted by atomic mass is 9.88. The average Bonchev–Trinajstić information content (AvgIpc) is 2.38. The van der Waals surface area contributed by atoms with Crippen LogP contribution in [0.3, 0.4) is 0 Å². The van der Waals surface area contributed by atoms with Crippen molar-refractivity contribution >= 4 is 27.6 Å². The molecule has 0 bridgehead atoms. The van der Waals surface area contributed by atoms with Gasteiger partial charge in [0, 0.05) is 30.4 Å². The summed E-state index contributed by atoms with van der Waals surface area (Å²) in [5.74, 6) is -0.812. The molecule has 1 amide bonds. The van der Waals surface area contributed by atoms with E-state index in [0.29, 0.717) is 30.4 Å². The zero-order valence-electron chi connectivity index (χ0n) is 10.7. The number of benzene rings is 1. The predicted octanol–water partition coefficient (Wildman–Crippen LogP) is 3.03. The maximum absolute atomic E-state index is 13.7. The third-order valence-corrected chi connectivity index (χ3v) is 4.00. The number of Topliss-reactive ketones (excluding diaryl/α,β-unsaturated/α-hetero) is 1. The minimum Gasteiger partial charge on any atom is -0.343 e. The van der Waals surface area contributed by atoms with Gasteiger partial charge >= 0.3 is 0 Å². The van der Waals surface area contributed by atoms with E-state index in [-0.39, 0.29) is 23.2 Å². The van der Waals surface area contributed by atoms with Gasteiger partial charge in [-0.05, 0) is 31.0 Å². The summed E-state index contributed by atoms with van der Waals surface area (Å²) < 4.78 is 14.4. The number of hydrogen-bond donors (Lipinski definition) is 0. The van der Waals surface area contributed by atoms with Crippen LogP contribution in [0, 0.1) is 11.7 Å². The summed E-state index contributed by atoms with van der Waals surface area (Å²) in [6.07, 6.45) is 1.21. The summed E-state index contributed by atoms with van der Waals surface area (Å²) in [5, 5.41) is 0. The van der Waals surface area contributed by atoms with Crippen molar-refractivity contribution in [3.8, 4) is 0 Å². The fourth-order valence-corrected chi connectivity index (χ4v) is 2.70. The van der Waals surface area contributed by atoms with Crippen LogP contribution in [0.15, 0.2) is 22.7 Å². The fraction of sp³-hybridized carbons (Fsp3) is 0.429. The summed E-state index contributed by atoms with van der Waals surface area (Å²) >= 11 is 3.17. The van der Waals surface area contributed by atoms with Crippen LogP contribution in [0.25, 0.3) is 0 Å². The molecule has 0 unspecified atom stereocenters. The molecule has 0 radical (unpaired) electrons. The fourth-order valence-electron chi connectivity index (χ4n) is 2.37. The highest BCUT2D eigenvalue weighted by molar-refractivity contribution is 9.10. The molecule has 0 saturated carbocycles. The second-order valence-electron chi connectivity index (χ2n) is 4.77. The van der Waals surface area contributed by atoms with Crippen molar-refractivity contribution in [2.75, 3.05) is 13.1 Å². The van der Waals surface area contributed by atoms with E-state index in [2.05, 4.69) is 15.9 Å². The summed E-state index contributed by atoms with van der Waals surface area (Å²) in [7, 11) is 0. The standard InChI is InChI=1S/C14H15BrFNO2/c1-9(18)17-6-4-10(5-7-17)14(19)12-3-2-11(15)8-13(12)16/h2-3,8,10H,4-7H2,1H3. The van der Waals surface area contributed by atoms with Gasteiger partial charge in [-0.15, -0.1) is 0 Å². The van der Waals surface area contributed by atoms with Gasteiger partial charge < -0.3 is 4.90 Å². The molecule has 5 heteroatoms. The van der Waals surface area contributed by atoms with E-state index in [1.165, 1.54) is 19.1 Å². The van der Waals surface area contributed by atoms with Gasteiger partial charge in [0.1, 0.15) is 5.82 Å². The number of likely N-dealkylation sites (tertiary alicyclic amines) is 1. The average molecular weight is 328 g/mol. The molecule has 0 aliphatic carbocycles. The Morgan fingerprint density at radius 3 is 2.47 bits per heavy atom. The van der Waals surface area contributed by atoms with Crippen molar-refractivity contribution in [3.63, 3.8) is 0 Å². The molecule has 2 rings (SSSR count). The lowest BCUT2D eigenvalue weighted by Crippen LogP contribution is -2.39. The third kappa shape index (κ3) is 3.21. The Balaban J connectivity index is 2.07. The largest absolute Gasteiger partial charge is 0.343 e. The summed E-state index contributed by atoms with van der Waals surface area (Å²) in [5.41, 5.74) is 0.143. The second-order valence-corrected chi connectivity index (χ2v) is 5.68. The molecule has 1 aromatic carbocycles. The molecular weight excluding hydrogens is 313 g/mol. The molecule has 3 nitrogen and oxygen atoms in total. The monoisotopic (exact) mass is 327 g/mol. The Labute approximate surface area is 119 Å². The van der Waals surface area contributed by atoms with Crippen LogP contribution in [0.4, 0.5) is 4.39 Å². The number of ketones is 1. The van der Waals surface area contributed by atoms with Crippen molar-refractivity contribution < 1.29 is 14.0 Å². The van der Waals surface area contributed by atoms with E-state index >= 15 is 0 Å². The SMILES string of the molecule is CC(=O)N1CCC(C(=O)c2ccc(Br)cc2F)CC1. The molecule has 0 spiro atoms. The van der Waals surface area contributed by atoms with E-state index < -0.39 is 5.82 Å².